The lowest BCUT2D eigenvalue weighted by Crippen LogP contribution is -2.26. The van der Waals surface area contributed by atoms with Gasteiger partial charge < -0.3 is 9.64 Å². The number of ether oxygens (including phenoxy) is 1. The molecular formula is C17H21N3O. The standard InChI is InChI=1S/C17H21N3O/c1-12-13(2)18-17(19-14(12)3)20-10-9-16(11-20)21-15-7-5-4-6-8-15/h4-8,16H,9-11H2,1-3H3/t16-/m1/s1. The van der Waals surface area contributed by atoms with Gasteiger partial charge in [-0.1, -0.05) is 18.2 Å². The molecule has 0 N–H and O–H groups in total. The number of anilines is 1. The number of nitrogens with zero attached hydrogens (tertiary/aromatic N) is 3. The Labute approximate surface area is 125 Å². The number of hydrogen-bond donors (Lipinski definition) is 0. The van der Waals surface area contributed by atoms with E-state index in [4.69, 9.17) is 4.74 Å². The van der Waals surface area contributed by atoms with Crippen LogP contribution in [-0.2, 0) is 0 Å². The minimum Gasteiger partial charge on any atom is -0.489 e. The number of benzene rings is 1. The molecule has 1 atom stereocenters. The predicted octanol–water partition coefficient (Wildman–Crippen LogP) is 3.06. The minimum atomic E-state index is 0.206. The Morgan fingerprint density at radius 2 is 1.71 bits per heavy atom. The van der Waals surface area contributed by atoms with Gasteiger partial charge in [0.25, 0.3) is 0 Å². The fourth-order valence-electron chi connectivity index (χ4n) is 2.59. The highest BCUT2D eigenvalue weighted by Crippen LogP contribution is 2.22. The van der Waals surface area contributed by atoms with Crippen LogP contribution in [0.5, 0.6) is 5.75 Å². The van der Waals surface area contributed by atoms with Crippen molar-refractivity contribution in [3.63, 3.8) is 0 Å². The van der Waals surface area contributed by atoms with Gasteiger partial charge >= 0.3 is 0 Å². The van der Waals surface area contributed by atoms with Crippen LogP contribution in [0.15, 0.2) is 30.3 Å². The Kier molecular flexibility index (Phi) is 3.78. The van der Waals surface area contributed by atoms with Crippen molar-refractivity contribution in [3.05, 3.63) is 47.3 Å². The van der Waals surface area contributed by atoms with Crippen molar-refractivity contribution in [3.8, 4) is 5.75 Å². The molecule has 110 valence electrons. The molecule has 1 aromatic heterocycles. The lowest BCUT2D eigenvalue weighted by atomic mass is 10.2. The Hall–Kier alpha value is -2.10. The molecule has 3 rings (SSSR count). The molecule has 0 amide bonds. The van der Waals surface area contributed by atoms with Gasteiger partial charge in [-0.3, -0.25) is 0 Å². The van der Waals surface area contributed by atoms with Gasteiger partial charge in [-0.2, -0.15) is 0 Å². The van der Waals surface area contributed by atoms with E-state index in [1.165, 1.54) is 5.56 Å². The van der Waals surface area contributed by atoms with Crippen molar-refractivity contribution in [2.24, 2.45) is 0 Å². The lowest BCUT2D eigenvalue weighted by Gasteiger charge is -2.18. The van der Waals surface area contributed by atoms with Crippen LogP contribution < -0.4 is 9.64 Å². The first-order valence-corrected chi connectivity index (χ1v) is 7.42. The number of aromatic nitrogens is 2. The summed E-state index contributed by atoms with van der Waals surface area (Å²) in [6.07, 6.45) is 1.21. The monoisotopic (exact) mass is 283 g/mol. The zero-order valence-electron chi connectivity index (χ0n) is 12.8. The van der Waals surface area contributed by atoms with E-state index in [-0.39, 0.29) is 6.10 Å². The molecule has 0 bridgehead atoms. The first-order chi connectivity index (χ1) is 10.1. The zero-order valence-corrected chi connectivity index (χ0v) is 12.8. The third-order valence-corrected chi connectivity index (χ3v) is 4.09. The predicted molar refractivity (Wildman–Crippen MR) is 83.9 cm³/mol. The van der Waals surface area contributed by atoms with E-state index in [0.29, 0.717) is 0 Å². The van der Waals surface area contributed by atoms with Gasteiger partial charge in [-0.25, -0.2) is 9.97 Å². The normalized spacial score (nSPS) is 18.0. The Bertz CT molecular complexity index is 604. The van der Waals surface area contributed by atoms with Crippen LogP contribution in [0, 0.1) is 20.8 Å². The van der Waals surface area contributed by atoms with Crippen LogP contribution in [0.2, 0.25) is 0 Å². The topological polar surface area (TPSA) is 38.2 Å². The molecule has 4 heteroatoms. The third-order valence-electron chi connectivity index (χ3n) is 4.09. The van der Waals surface area contributed by atoms with E-state index >= 15 is 0 Å². The Morgan fingerprint density at radius 1 is 1.05 bits per heavy atom. The summed E-state index contributed by atoms with van der Waals surface area (Å²) in [5.41, 5.74) is 3.30. The van der Waals surface area contributed by atoms with Crippen LogP contribution in [-0.4, -0.2) is 29.2 Å². The molecule has 0 unspecified atom stereocenters. The van der Waals surface area contributed by atoms with Gasteiger partial charge in [-0.15, -0.1) is 0 Å². The molecule has 0 spiro atoms. The summed E-state index contributed by atoms with van der Waals surface area (Å²) in [6.45, 7) is 7.94. The molecule has 4 nitrogen and oxygen atoms in total. The van der Waals surface area contributed by atoms with Crippen molar-refractivity contribution in [2.45, 2.75) is 33.3 Å². The van der Waals surface area contributed by atoms with Crippen LogP contribution in [0.3, 0.4) is 0 Å². The molecule has 1 aromatic carbocycles. The molecule has 2 heterocycles. The summed E-state index contributed by atoms with van der Waals surface area (Å²) < 4.78 is 6.01. The molecule has 21 heavy (non-hydrogen) atoms. The van der Waals surface area contributed by atoms with Crippen molar-refractivity contribution in [1.82, 2.24) is 9.97 Å². The second-order valence-electron chi connectivity index (χ2n) is 5.61. The molecule has 1 fully saturated rings. The Morgan fingerprint density at radius 3 is 2.38 bits per heavy atom. The van der Waals surface area contributed by atoms with E-state index < -0.39 is 0 Å². The van der Waals surface area contributed by atoms with Crippen molar-refractivity contribution in [2.75, 3.05) is 18.0 Å². The summed E-state index contributed by atoms with van der Waals surface area (Å²) in [5.74, 6) is 1.76. The zero-order chi connectivity index (χ0) is 14.8. The van der Waals surface area contributed by atoms with E-state index in [1.54, 1.807) is 0 Å². The number of rotatable bonds is 3. The van der Waals surface area contributed by atoms with E-state index in [2.05, 4.69) is 21.8 Å². The van der Waals surface area contributed by atoms with Gasteiger partial charge in [0.05, 0.1) is 6.54 Å². The van der Waals surface area contributed by atoms with Gasteiger partial charge in [0.1, 0.15) is 11.9 Å². The fourth-order valence-corrected chi connectivity index (χ4v) is 2.59. The molecule has 0 aliphatic carbocycles. The molecular weight excluding hydrogens is 262 g/mol. The molecule has 2 aromatic rings. The number of aryl methyl sites for hydroxylation is 2. The van der Waals surface area contributed by atoms with Gasteiger partial charge in [0, 0.05) is 24.4 Å². The fraction of sp³-hybridized carbons (Fsp3) is 0.412. The van der Waals surface area contributed by atoms with Crippen LogP contribution in [0.1, 0.15) is 23.4 Å². The summed E-state index contributed by atoms with van der Waals surface area (Å²) in [7, 11) is 0. The van der Waals surface area contributed by atoms with Crippen molar-refractivity contribution < 1.29 is 4.74 Å². The highest BCUT2D eigenvalue weighted by atomic mass is 16.5. The minimum absolute atomic E-state index is 0.206. The second-order valence-corrected chi connectivity index (χ2v) is 5.61. The van der Waals surface area contributed by atoms with Gasteiger partial charge in [0.2, 0.25) is 5.95 Å². The van der Waals surface area contributed by atoms with Gasteiger partial charge in [0.15, 0.2) is 0 Å². The first kappa shape index (κ1) is 13.9. The van der Waals surface area contributed by atoms with E-state index in [9.17, 15) is 0 Å². The number of para-hydroxylation sites is 1. The SMILES string of the molecule is Cc1nc(N2CC[C@@H](Oc3ccccc3)C2)nc(C)c1C. The Balaban J connectivity index is 1.70. The maximum Gasteiger partial charge on any atom is 0.225 e. The quantitative estimate of drug-likeness (QED) is 0.867. The highest BCUT2D eigenvalue weighted by molar-refractivity contribution is 5.37. The summed E-state index contributed by atoms with van der Waals surface area (Å²) in [4.78, 5) is 11.4. The van der Waals surface area contributed by atoms with Gasteiger partial charge in [-0.05, 0) is 38.5 Å². The molecule has 1 aliphatic rings. The summed E-state index contributed by atoms with van der Waals surface area (Å²) in [6, 6.07) is 9.99. The van der Waals surface area contributed by atoms with E-state index in [1.807, 2.05) is 44.2 Å². The van der Waals surface area contributed by atoms with Crippen LogP contribution >= 0.6 is 0 Å². The van der Waals surface area contributed by atoms with Crippen LogP contribution in [0.25, 0.3) is 0 Å². The first-order valence-electron chi connectivity index (χ1n) is 7.42. The maximum atomic E-state index is 6.01. The average Bonchev–Trinajstić information content (AvgIpc) is 2.94. The molecule has 1 aliphatic heterocycles. The molecule has 0 saturated carbocycles. The second kappa shape index (κ2) is 5.72. The smallest absolute Gasteiger partial charge is 0.225 e. The largest absolute Gasteiger partial charge is 0.489 e. The average molecular weight is 283 g/mol. The number of hydrogen-bond acceptors (Lipinski definition) is 4. The van der Waals surface area contributed by atoms with E-state index in [0.717, 1.165) is 42.6 Å². The maximum absolute atomic E-state index is 6.01. The molecule has 1 saturated heterocycles. The van der Waals surface area contributed by atoms with Crippen LogP contribution in [0.4, 0.5) is 5.95 Å². The summed E-state index contributed by atoms with van der Waals surface area (Å²) in [5, 5.41) is 0. The van der Waals surface area contributed by atoms with Crippen molar-refractivity contribution in [1.29, 1.82) is 0 Å². The third kappa shape index (κ3) is 2.99. The summed E-state index contributed by atoms with van der Waals surface area (Å²) >= 11 is 0. The van der Waals surface area contributed by atoms with Crippen molar-refractivity contribution >= 4 is 5.95 Å². The molecule has 0 radical (unpaired) electrons. The highest BCUT2D eigenvalue weighted by Gasteiger charge is 2.26. The lowest BCUT2D eigenvalue weighted by molar-refractivity contribution is 0.225.